The van der Waals surface area contributed by atoms with Crippen molar-refractivity contribution in [2.75, 3.05) is 13.1 Å². The van der Waals surface area contributed by atoms with E-state index in [0.29, 0.717) is 0 Å². The van der Waals surface area contributed by atoms with Crippen LogP contribution in [0.1, 0.15) is 5.56 Å². The summed E-state index contributed by atoms with van der Waals surface area (Å²) >= 11 is 11.6. The van der Waals surface area contributed by atoms with E-state index in [4.69, 9.17) is 11.6 Å². The molecule has 0 unspecified atom stereocenters. The predicted octanol–water partition coefficient (Wildman–Crippen LogP) is 5.51. The Hall–Kier alpha value is -0.490. The quantitative estimate of drug-likeness (QED) is 0.574. The van der Waals surface area contributed by atoms with Crippen LogP contribution in [0.4, 0.5) is 0 Å². The average Bonchev–Trinajstić information content (AvgIpc) is 2.98. The monoisotopic (exact) mass is 444 g/mol. The molecule has 0 radical (unpaired) electrons. The molecular weight excluding hydrogens is 436 g/mol. The highest BCUT2D eigenvalue weighted by molar-refractivity contribution is 9.14. The van der Waals surface area contributed by atoms with Crippen LogP contribution in [0.25, 0.3) is 16.5 Å². The van der Waals surface area contributed by atoms with Crippen LogP contribution in [0.2, 0.25) is 5.02 Å². The van der Waals surface area contributed by atoms with E-state index < -0.39 is 0 Å². The molecule has 2 nitrogen and oxygen atoms in total. The van der Waals surface area contributed by atoms with E-state index in [2.05, 4.69) is 50.1 Å². The second-order valence-corrected chi connectivity index (χ2v) is 7.44. The van der Waals surface area contributed by atoms with Gasteiger partial charge in [-0.05, 0) is 50.6 Å². The summed E-state index contributed by atoms with van der Waals surface area (Å²) < 4.78 is 1.13. The van der Waals surface area contributed by atoms with Crippen LogP contribution in [-0.4, -0.2) is 23.2 Å². The van der Waals surface area contributed by atoms with Gasteiger partial charge < -0.3 is 4.90 Å². The van der Waals surface area contributed by atoms with Gasteiger partial charge in [-0.25, -0.2) is 0 Å². The largest absolute Gasteiger partial charge is 0.317 e. The highest BCUT2D eigenvalue weighted by Crippen LogP contribution is 2.46. The van der Waals surface area contributed by atoms with Crippen LogP contribution in [0.5, 0.6) is 0 Å². The van der Waals surface area contributed by atoms with Gasteiger partial charge in [0, 0.05) is 17.1 Å². The molecule has 2 aromatic rings. The van der Waals surface area contributed by atoms with Crippen LogP contribution < -0.4 is 0 Å². The molecule has 2 aliphatic rings. The molecule has 4 rings (SSSR count). The van der Waals surface area contributed by atoms with E-state index in [0.717, 1.165) is 27.1 Å². The van der Waals surface area contributed by atoms with E-state index in [1.165, 1.54) is 22.0 Å². The van der Waals surface area contributed by atoms with Crippen molar-refractivity contribution >= 4 is 77.9 Å². The van der Waals surface area contributed by atoms with E-state index in [9.17, 15) is 0 Å². The normalized spacial score (nSPS) is 17.0. The lowest BCUT2D eigenvalue weighted by atomic mass is 10.0. The van der Waals surface area contributed by atoms with Gasteiger partial charge in [0.25, 0.3) is 0 Å². The minimum atomic E-state index is 0. The molecule has 0 spiro atoms. The topological polar surface area (TPSA) is 15.6 Å². The fourth-order valence-corrected chi connectivity index (χ4v) is 4.62. The summed E-state index contributed by atoms with van der Waals surface area (Å²) in [5, 5.41) is 4.24. The number of benzene rings is 2. The lowest BCUT2D eigenvalue weighted by Crippen LogP contribution is -2.20. The maximum Gasteiger partial charge on any atom is 0.169 e. The van der Waals surface area contributed by atoms with Crippen molar-refractivity contribution in [1.82, 2.24) is 4.90 Å². The summed E-state index contributed by atoms with van der Waals surface area (Å²) in [7, 11) is 0. The summed E-state index contributed by atoms with van der Waals surface area (Å²) in [5.74, 6) is 0. The molecule has 0 saturated heterocycles. The Kier molecular flexibility index (Phi) is 4.37. The fraction of sp³-hybridized carbons (Fsp3) is 0.133. The van der Waals surface area contributed by atoms with Gasteiger partial charge in [0.15, 0.2) is 5.17 Å². The average molecular weight is 447 g/mol. The van der Waals surface area contributed by atoms with Crippen LogP contribution in [0.15, 0.2) is 45.2 Å². The zero-order chi connectivity index (χ0) is 13.7. The molecule has 2 heterocycles. The third-order valence-corrected chi connectivity index (χ3v) is 5.54. The zero-order valence-electron chi connectivity index (χ0n) is 10.8. The Balaban J connectivity index is 0.00000132. The van der Waals surface area contributed by atoms with Crippen molar-refractivity contribution < 1.29 is 0 Å². The zero-order valence-corrected chi connectivity index (χ0v) is 15.7. The molecule has 2 aliphatic heterocycles. The minimum absolute atomic E-state index is 0. The van der Waals surface area contributed by atoms with Gasteiger partial charge in [-0.15, -0.1) is 17.0 Å². The van der Waals surface area contributed by atoms with Gasteiger partial charge in [0.2, 0.25) is 0 Å². The van der Waals surface area contributed by atoms with E-state index >= 15 is 0 Å². The van der Waals surface area contributed by atoms with Crippen molar-refractivity contribution in [1.29, 1.82) is 0 Å². The Labute approximate surface area is 151 Å². The predicted molar refractivity (Wildman–Crippen MR) is 102 cm³/mol. The number of nitrogens with zero attached hydrogens (tertiary/aromatic N) is 2. The molecule has 0 aromatic heterocycles. The third kappa shape index (κ3) is 2.54. The van der Waals surface area contributed by atoms with Crippen LogP contribution in [0, 0.1) is 0 Å². The summed E-state index contributed by atoms with van der Waals surface area (Å²) in [6.07, 6.45) is 0. The van der Waals surface area contributed by atoms with Crippen LogP contribution in [0.3, 0.4) is 0 Å². The van der Waals surface area contributed by atoms with Gasteiger partial charge in [0.05, 0.1) is 16.1 Å². The molecule has 0 bridgehead atoms. The van der Waals surface area contributed by atoms with E-state index in [-0.39, 0.29) is 17.0 Å². The maximum absolute atomic E-state index is 6.17. The number of thioether (sulfide) groups is 1. The molecular formula is C15H11Br2ClN2S. The summed E-state index contributed by atoms with van der Waals surface area (Å²) in [6, 6.07) is 12.4. The second kappa shape index (κ2) is 5.95. The summed E-state index contributed by atoms with van der Waals surface area (Å²) in [5.41, 5.74) is 2.41. The lowest BCUT2D eigenvalue weighted by Gasteiger charge is -2.18. The molecule has 0 amide bonds. The van der Waals surface area contributed by atoms with Crippen molar-refractivity contribution in [3.63, 3.8) is 0 Å². The highest BCUT2D eigenvalue weighted by atomic mass is 79.9. The summed E-state index contributed by atoms with van der Waals surface area (Å²) in [6.45, 7) is 1.82. The number of aliphatic imine (C=N–C) groups is 1. The number of hydrogen-bond donors (Lipinski definition) is 0. The number of amidine groups is 1. The Morgan fingerprint density at radius 2 is 2.10 bits per heavy atom. The Morgan fingerprint density at radius 3 is 2.95 bits per heavy atom. The molecule has 21 heavy (non-hydrogen) atoms. The maximum atomic E-state index is 6.17. The summed E-state index contributed by atoms with van der Waals surface area (Å²) in [4.78, 5) is 6.81. The molecule has 108 valence electrons. The van der Waals surface area contributed by atoms with Crippen molar-refractivity contribution in [3.8, 4) is 0 Å². The lowest BCUT2D eigenvalue weighted by molar-refractivity contribution is 0.650. The van der Waals surface area contributed by atoms with Crippen LogP contribution >= 0.6 is 56.3 Å². The Morgan fingerprint density at radius 1 is 1.24 bits per heavy atom. The van der Waals surface area contributed by atoms with Gasteiger partial charge in [-0.1, -0.05) is 35.9 Å². The molecule has 0 fully saturated rings. The first-order valence-electron chi connectivity index (χ1n) is 6.32. The van der Waals surface area contributed by atoms with E-state index in [1.807, 2.05) is 12.1 Å². The molecule has 0 saturated carbocycles. The van der Waals surface area contributed by atoms with Crippen molar-refractivity contribution in [2.45, 2.75) is 0 Å². The number of halogens is 3. The van der Waals surface area contributed by atoms with Gasteiger partial charge in [0.1, 0.15) is 0 Å². The Bertz CT molecular complexity index is 788. The SMILES string of the molecule is Br.Clc1ccc2cccc(C3=C(Br)SC4=NCCN43)c2c1. The highest BCUT2D eigenvalue weighted by Gasteiger charge is 2.32. The second-order valence-electron chi connectivity index (χ2n) is 4.71. The number of fused-ring (bicyclic) bond motifs is 2. The third-order valence-electron chi connectivity index (χ3n) is 3.54. The van der Waals surface area contributed by atoms with Gasteiger partial charge in [-0.2, -0.15) is 0 Å². The van der Waals surface area contributed by atoms with Crippen LogP contribution in [-0.2, 0) is 0 Å². The molecule has 0 N–H and O–H groups in total. The standard InChI is InChI=1S/C15H10BrClN2S.BrH/c16-14-13(19-7-6-18-15(19)20-14)11-3-1-2-9-4-5-10(17)8-12(9)11;/h1-5,8H,6-7H2;1H. The van der Waals surface area contributed by atoms with Gasteiger partial charge in [-0.3, -0.25) is 4.99 Å². The molecule has 6 heteroatoms. The smallest absolute Gasteiger partial charge is 0.169 e. The minimum Gasteiger partial charge on any atom is -0.317 e. The first-order chi connectivity index (χ1) is 9.74. The van der Waals surface area contributed by atoms with Gasteiger partial charge >= 0.3 is 0 Å². The molecule has 0 aliphatic carbocycles. The van der Waals surface area contributed by atoms with E-state index in [1.54, 1.807) is 11.8 Å². The first-order valence-corrected chi connectivity index (χ1v) is 8.31. The number of rotatable bonds is 1. The molecule has 0 atom stereocenters. The number of hydrogen-bond acceptors (Lipinski definition) is 3. The fourth-order valence-electron chi connectivity index (χ4n) is 2.66. The van der Waals surface area contributed by atoms with Crippen molar-refractivity contribution in [2.24, 2.45) is 4.99 Å². The van der Waals surface area contributed by atoms with Crippen molar-refractivity contribution in [3.05, 3.63) is 50.8 Å². The molecule has 2 aromatic carbocycles. The first kappa shape index (κ1) is 15.4.